The van der Waals surface area contributed by atoms with E-state index in [0.717, 1.165) is 25.8 Å². The van der Waals surface area contributed by atoms with Gasteiger partial charge in [-0.15, -0.1) is 0 Å². The van der Waals surface area contributed by atoms with E-state index in [1.807, 2.05) is 18.4 Å². The van der Waals surface area contributed by atoms with Gasteiger partial charge in [0.1, 0.15) is 4.90 Å². The smallest absolute Gasteiger partial charge is 0.242 e. The maximum absolute atomic E-state index is 12.4. The van der Waals surface area contributed by atoms with E-state index < -0.39 is 10.0 Å². The summed E-state index contributed by atoms with van der Waals surface area (Å²) in [5, 5.41) is 3.17. The number of hydrogen-bond acceptors (Lipinski definition) is 4. The summed E-state index contributed by atoms with van der Waals surface area (Å²) in [6.45, 7) is 3.33. The summed E-state index contributed by atoms with van der Waals surface area (Å²) in [5.74, 6) is 0. The van der Waals surface area contributed by atoms with Crippen LogP contribution in [0.15, 0.2) is 29.2 Å². The van der Waals surface area contributed by atoms with Crippen molar-refractivity contribution in [1.82, 2.24) is 4.72 Å². The molecule has 0 bridgehead atoms. The second-order valence-electron chi connectivity index (χ2n) is 5.13. The van der Waals surface area contributed by atoms with Crippen LogP contribution in [0.1, 0.15) is 26.2 Å². The van der Waals surface area contributed by atoms with Crippen molar-refractivity contribution >= 4 is 27.5 Å². The standard InChI is InChI=1S/C14H22N2O2S2/c1-3-10-15-12-6-4-5-7-13(12)20(17,18)16-11-14(19-2)8-9-14/h4-7,15-16H,3,8-11H2,1-2H3. The molecule has 2 N–H and O–H groups in total. The number of sulfonamides is 1. The van der Waals surface area contributed by atoms with Crippen molar-refractivity contribution in [2.24, 2.45) is 0 Å². The van der Waals surface area contributed by atoms with Gasteiger partial charge >= 0.3 is 0 Å². The number of nitrogens with one attached hydrogen (secondary N) is 2. The molecule has 0 saturated heterocycles. The summed E-state index contributed by atoms with van der Waals surface area (Å²) < 4.78 is 27.8. The molecule has 0 unspecified atom stereocenters. The van der Waals surface area contributed by atoms with Crippen LogP contribution in [0.2, 0.25) is 0 Å². The summed E-state index contributed by atoms with van der Waals surface area (Å²) in [7, 11) is -3.45. The van der Waals surface area contributed by atoms with Crippen LogP contribution < -0.4 is 10.0 Å². The Hall–Kier alpha value is -0.720. The second-order valence-corrected chi connectivity index (χ2v) is 8.14. The topological polar surface area (TPSA) is 58.2 Å². The Morgan fingerprint density at radius 3 is 2.60 bits per heavy atom. The fraction of sp³-hybridized carbons (Fsp3) is 0.571. The molecular weight excluding hydrogens is 292 g/mol. The molecule has 0 amide bonds. The van der Waals surface area contributed by atoms with E-state index in [2.05, 4.69) is 17.0 Å². The summed E-state index contributed by atoms with van der Waals surface area (Å²) in [4.78, 5) is 0.338. The minimum atomic E-state index is -3.45. The Labute approximate surface area is 125 Å². The number of anilines is 1. The fourth-order valence-electron chi connectivity index (χ4n) is 2.00. The quantitative estimate of drug-likeness (QED) is 0.774. The van der Waals surface area contributed by atoms with Crippen LogP contribution >= 0.6 is 11.8 Å². The normalized spacial score (nSPS) is 16.9. The molecule has 1 saturated carbocycles. The number of para-hydroxylation sites is 1. The van der Waals surface area contributed by atoms with Gasteiger partial charge in [0.15, 0.2) is 0 Å². The Bertz CT molecular complexity index is 554. The highest BCUT2D eigenvalue weighted by Gasteiger charge is 2.42. The highest BCUT2D eigenvalue weighted by Crippen LogP contribution is 2.46. The SMILES string of the molecule is CCCNc1ccccc1S(=O)(=O)NCC1(SC)CC1. The van der Waals surface area contributed by atoms with Gasteiger partial charge in [-0.2, -0.15) is 11.8 Å². The molecule has 6 heteroatoms. The molecule has 2 rings (SSSR count). The molecule has 0 radical (unpaired) electrons. The van der Waals surface area contributed by atoms with Crippen molar-refractivity contribution in [2.45, 2.75) is 35.8 Å². The van der Waals surface area contributed by atoms with Crippen LogP contribution in [0.3, 0.4) is 0 Å². The van der Waals surface area contributed by atoms with Crippen LogP contribution in [0, 0.1) is 0 Å². The number of rotatable bonds is 8. The van der Waals surface area contributed by atoms with E-state index >= 15 is 0 Å². The molecule has 4 nitrogen and oxygen atoms in total. The average Bonchev–Trinajstić information content (AvgIpc) is 3.24. The highest BCUT2D eigenvalue weighted by atomic mass is 32.2. The predicted octanol–water partition coefficient (Wildman–Crippen LogP) is 2.68. The Morgan fingerprint density at radius 2 is 2.00 bits per heavy atom. The van der Waals surface area contributed by atoms with Gasteiger partial charge in [-0.25, -0.2) is 13.1 Å². The Balaban J connectivity index is 2.12. The van der Waals surface area contributed by atoms with Gasteiger partial charge in [0.2, 0.25) is 10.0 Å². The molecule has 1 aromatic rings. The molecule has 1 fully saturated rings. The first-order valence-corrected chi connectivity index (χ1v) is 9.61. The van der Waals surface area contributed by atoms with Gasteiger partial charge in [0.05, 0.1) is 5.69 Å². The fourth-order valence-corrected chi connectivity index (χ4v) is 4.13. The molecule has 0 aromatic heterocycles. The number of thioether (sulfide) groups is 1. The van der Waals surface area contributed by atoms with E-state index in [1.54, 1.807) is 23.9 Å². The van der Waals surface area contributed by atoms with Gasteiger partial charge in [-0.3, -0.25) is 0 Å². The summed E-state index contributed by atoms with van der Waals surface area (Å²) in [6.07, 6.45) is 5.17. The van der Waals surface area contributed by atoms with Crippen LogP contribution in [-0.4, -0.2) is 32.5 Å². The zero-order valence-corrected chi connectivity index (χ0v) is 13.6. The zero-order valence-electron chi connectivity index (χ0n) is 12.0. The minimum absolute atomic E-state index is 0.124. The predicted molar refractivity (Wildman–Crippen MR) is 85.9 cm³/mol. The van der Waals surface area contributed by atoms with Crippen molar-refractivity contribution < 1.29 is 8.42 Å². The summed E-state index contributed by atoms with van der Waals surface area (Å²) in [6, 6.07) is 7.07. The molecule has 1 aliphatic carbocycles. The van der Waals surface area contributed by atoms with Gasteiger partial charge in [-0.1, -0.05) is 19.1 Å². The van der Waals surface area contributed by atoms with Crippen molar-refractivity contribution in [3.63, 3.8) is 0 Å². The van der Waals surface area contributed by atoms with E-state index in [-0.39, 0.29) is 4.75 Å². The molecule has 1 aromatic carbocycles. The van der Waals surface area contributed by atoms with Crippen molar-refractivity contribution in [3.8, 4) is 0 Å². The first-order chi connectivity index (χ1) is 9.53. The summed E-state index contributed by atoms with van der Waals surface area (Å²) in [5.41, 5.74) is 0.677. The molecule has 20 heavy (non-hydrogen) atoms. The highest BCUT2D eigenvalue weighted by molar-refractivity contribution is 8.00. The lowest BCUT2D eigenvalue weighted by Gasteiger charge is -2.16. The average molecular weight is 314 g/mol. The lowest BCUT2D eigenvalue weighted by atomic mass is 10.3. The summed E-state index contributed by atoms with van der Waals surface area (Å²) >= 11 is 1.75. The van der Waals surface area contributed by atoms with Crippen LogP contribution in [-0.2, 0) is 10.0 Å². The zero-order chi connectivity index (χ0) is 14.6. The van der Waals surface area contributed by atoms with Crippen molar-refractivity contribution in [1.29, 1.82) is 0 Å². The minimum Gasteiger partial charge on any atom is -0.384 e. The third-order valence-corrected chi connectivity index (χ3v) is 6.45. The lowest BCUT2D eigenvalue weighted by Crippen LogP contribution is -2.32. The van der Waals surface area contributed by atoms with Gasteiger partial charge in [0, 0.05) is 17.8 Å². The lowest BCUT2D eigenvalue weighted by molar-refractivity contribution is 0.580. The number of benzene rings is 1. The molecular formula is C14H22N2O2S2. The Morgan fingerprint density at radius 1 is 1.30 bits per heavy atom. The molecule has 0 atom stereocenters. The first kappa shape index (κ1) is 15.7. The van der Waals surface area contributed by atoms with Crippen LogP contribution in [0.5, 0.6) is 0 Å². The largest absolute Gasteiger partial charge is 0.384 e. The molecule has 0 heterocycles. The van der Waals surface area contributed by atoms with Crippen molar-refractivity contribution in [2.75, 3.05) is 24.7 Å². The monoisotopic (exact) mass is 314 g/mol. The second kappa shape index (κ2) is 6.37. The molecule has 0 aliphatic heterocycles. The molecule has 1 aliphatic rings. The third-order valence-electron chi connectivity index (χ3n) is 3.57. The van der Waals surface area contributed by atoms with Gasteiger partial charge in [-0.05, 0) is 37.7 Å². The third kappa shape index (κ3) is 3.68. The van der Waals surface area contributed by atoms with E-state index in [9.17, 15) is 8.42 Å². The number of hydrogen-bond donors (Lipinski definition) is 2. The molecule has 0 spiro atoms. The van der Waals surface area contributed by atoms with E-state index in [1.165, 1.54) is 0 Å². The van der Waals surface area contributed by atoms with Crippen molar-refractivity contribution in [3.05, 3.63) is 24.3 Å². The first-order valence-electron chi connectivity index (χ1n) is 6.91. The molecule has 112 valence electrons. The van der Waals surface area contributed by atoms with Crippen LogP contribution in [0.4, 0.5) is 5.69 Å². The maximum Gasteiger partial charge on any atom is 0.242 e. The Kier molecular flexibility index (Phi) is 4.99. The maximum atomic E-state index is 12.4. The van der Waals surface area contributed by atoms with E-state index in [4.69, 9.17) is 0 Å². The van der Waals surface area contributed by atoms with E-state index in [0.29, 0.717) is 17.1 Å². The van der Waals surface area contributed by atoms with Crippen LogP contribution in [0.25, 0.3) is 0 Å². The van der Waals surface area contributed by atoms with Gasteiger partial charge in [0.25, 0.3) is 0 Å². The van der Waals surface area contributed by atoms with Gasteiger partial charge < -0.3 is 5.32 Å².